The van der Waals surface area contributed by atoms with E-state index < -0.39 is 23.5 Å². The molecule has 0 bridgehead atoms. The van der Waals surface area contributed by atoms with E-state index in [4.69, 9.17) is 4.74 Å². The van der Waals surface area contributed by atoms with Gasteiger partial charge in [-0.05, 0) is 41.5 Å². The third kappa shape index (κ3) is 3.45. The standard InChI is InChI=1S/C18H15F3N2O2/c1-22-18(24)25-7-6-13-14-8-12(20)9-15(21)17(14)23-16(13)10-2-4-11(19)5-3-10/h2-5,8-9,23H,6-7H2,1H3,(H,22,24). The van der Waals surface area contributed by atoms with Crippen molar-refractivity contribution in [3.05, 3.63) is 59.4 Å². The van der Waals surface area contributed by atoms with Crippen molar-refractivity contribution in [2.45, 2.75) is 6.42 Å². The van der Waals surface area contributed by atoms with Crippen LogP contribution in [0.4, 0.5) is 18.0 Å². The van der Waals surface area contributed by atoms with Crippen molar-refractivity contribution in [1.29, 1.82) is 0 Å². The molecular weight excluding hydrogens is 333 g/mol. The van der Waals surface area contributed by atoms with Crippen LogP contribution in [0.25, 0.3) is 22.2 Å². The molecule has 0 aliphatic heterocycles. The minimum absolute atomic E-state index is 0.0267. The predicted molar refractivity (Wildman–Crippen MR) is 87.7 cm³/mol. The lowest BCUT2D eigenvalue weighted by atomic mass is 10.0. The number of aromatic nitrogens is 1. The highest BCUT2D eigenvalue weighted by Gasteiger charge is 2.17. The molecule has 0 fully saturated rings. The summed E-state index contributed by atoms with van der Waals surface area (Å²) in [5.41, 5.74) is 1.88. The van der Waals surface area contributed by atoms with Gasteiger partial charge in [0.05, 0.1) is 12.1 Å². The summed E-state index contributed by atoms with van der Waals surface area (Å²) in [4.78, 5) is 14.1. The minimum atomic E-state index is -0.725. The summed E-state index contributed by atoms with van der Waals surface area (Å²) in [6.07, 6.45) is -0.358. The Labute approximate surface area is 141 Å². The van der Waals surface area contributed by atoms with Gasteiger partial charge in [-0.1, -0.05) is 0 Å². The lowest BCUT2D eigenvalue weighted by Gasteiger charge is -2.07. The Morgan fingerprint density at radius 1 is 1.12 bits per heavy atom. The van der Waals surface area contributed by atoms with Gasteiger partial charge in [0.25, 0.3) is 0 Å². The molecule has 1 heterocycles. The zero-order valence-corrected chi connectivity index (χ0v) is 13.3. The summed E-state index contributed by atoms with van der Waals surface area (Å²) in [6.45, 7) is 0.0267. The molecule has 2 aromatic carbocycles. The van der Waals surface area contributed by atoms with Crippen LogP contribution in [0.3, 0.4) is 0 Å². The summed E-state index contributed by atoms with van der Waals surface area (Å²) in [7, 11) is 1.43. The largest absolute Gasteiger partial charge is 0.449 e. The van der Waals surface area contributed by atoms with Crippen LogP contribution in [0.15, 0.2) is 36.4 Å². The number of fused-ring (bicyclic) bond motifs is 1. The van der Waals surface area contributed by atoms with E-state index in [-0.39, 0.29) is 18.5 Å². The van der Waals surface area contributed by atoms with Crippen molar-refractivity contribution >= 4 is 17.0 Å². The zero-order valence-electron chi connectivity index (χ0n) is 13.3. The molecule has 0 aliphatic rings. The van der Waals surface area contributed by atoms with Crippen molar-refractivity contribution in [2.75, 3.05) is 13.7 Å². The number of halogens is 3. The fourth-order valence-electron chi connectivity index (χ4n) is 2.71. The molecule has 7 heteroatoms. The van der Waals surface area contributed by atoms with Crippen molar-refractivity contribution < 1.29 is 22.7 Å². The number of rotatable bonds is 4. The Balaban J connectivity index is 2.07. The average Bonchev–Trinajstić information content (AvgIpc) is 2.94. The van der Waals surface area contributed by atoms with E-state index in [1.165, 1.54) is 37.4 Å². The van der Waals surface area contributed by atoms with Crippen LogP contribution in [0.1, 0.15) is 5.56 Å². The molecule has 0 spiro atoms. The Morgan fingerprint density at radius 3 is 2.52 bits per heavy atom. The second kappa shape index (κ2) is 6.88. The molecule has 130 valence electrons. The van der Waals surface area contributed by atoms with Crippen molar-refractivity contribution in [3.63, 3.8) is 0 Å². The summed E-state index contributed by atoms with van der Waals surface area (Å²) < 4.78 is 45.9. The fraction of sp³-hybridized carbons (Fsp3) is 0.167. The molecule has 3 rings (SSSR count). The van der Waals surface area contributed by atoms with E-state index in [1.807, 2.05) is 0 Å². The van der Waals surface area contributed by atoms with E-state index in [2.05, 4.69) is 10.3 Å². The number of benzene rings is 2. The number of amides is 1. The number of alkyl carbamates (subject to hydrolysis) is 1. The van der Waals surface area contributed by atoms with Crippen molar-refractivity contribution in [1.82, 2.24) is 10.3 Å². The van der Waals surface area contributed by atoms with Gasteiger partial charge in [0, 0.05) is 30.6 Å². The molecule has 0 saturated heterocycles. The summed E-state index contributed by atoms with van der Waals surface area (Å²) in [5, 5.41) is 2.68. The lowest BCUT2D eigenvalue weighted by molar-refractivity contribution is 0.150. The maximum absolute atomic E-state index is 14.1. The van der Waals surface area contributed by atoms with Gasteiger partial charge in [0.2, 0.25) is 0 Å². The van der Waals surface area contributed by atoms with E-state index in [9.17, 15) is 18.0 Å². The van der Waals surface area contributed by atoms with Crippen LogP contribution in [0.5, 0.6) is 0 Å². The Hall–Kier alpha value is -2.96. The Kier molecular flexibility index (Phi) is 4.65. The Morgan fingerprint density at radius 2 is 1.84 bits per heavy atom. The SMILES string of the molecule is CNC(=O)OCCc1c(-c2ccc(F)cc2)[nH]c2c(F)cc(F)cc12. The monoisotopic (exact) mass is 348 g/mol. The van der Waals surface area contributed by atoms with Gasteiger partial charge >= 0.3 is 6.09 Å². The fourth-order valence-corrected chi connectivity index (χ4v) is 2.71. The maximum Gasteiger partial charge on any atom is 0.406 e. The number of carbonyl (C=O) groups is 1. The highest BCUT2D eigenvalue weighted by molar-refractivity contribution is 5.91. The molecule has 3 aromatic rings. The number of aromatic amines is 1. The lowest BCUT2D eigenvalue weighted by Crippen LogP contribution is -2.20. The van der Waals surface area contributed by atoms with Gasteiger partial charge in [-0.3, -0.25) is 0 Å². The number of hydrogen-bond acceptors (Lipinski definition) is 2. The third-order valence-corrected chi connectivity index (χ3v) is 3.85. The maximum atomic E-state index is 14.1. The molecular formula is C18H15F3N2O2. The second-order valence-corrected chi connectivity index (χ2v) is 5.43. The molecule has 0 aliphatic carbocycles. The van der Waals surface area contributed by atoms with E-state index in [0.29, 0.717) is 22.2 Å². The van der Waals surface area contributed by atoms with Crippen LogP contribution in [-0.2, 0) is 11.2 Å². The van der Waals surface area contributed by atoms with Crippen molar-refractivity contribution in [3.8, 4) is 11.3 Å². The first-order valence-corrected chi connectivity index (χ1v) is 7.59. The number of ether oxygens (including phenoxy) is 1. The van der Waals surface area contributed by atoms with Crippen LogP contribution in [0, 0.1) is 17.5 Å². The second-order valence-electron chi connectivity index (χ2n) is 5.43. The normalized spacial score (nSPS) is 10.9. The summed E-state index contributed by atoms with van der Waals surface area (Å²) >= 11 is 0. The number of H-pyrrole nitrogens is 1. The smallest absolute Gasteiger partial charge is 0.406 e. The predicted octanol–water partition coefficient (Wildman–Crippen LogP) is 4.15. The van der Waals surface area contributed by atoms with Crippen LogP contribution in [-0.4, -0.2) is 24.7 Å². The van der Waals surface area contributed by atoms with Crippen LogP contribution >= 0.6 is 0 Å². The topological polar surface area (TPSA) is 54.1 Å². The third-order valence-electron chi connectivity index (χ3n) is 3.85. The molecule has 0 atom stereocenters. The number of hydrogen-bond donors (Lipinski definition) is 2. The summed E-state index contributed by atoms with van der Waals surface area (Å²) in [5.74, 6) is -1.83. The molecule has 1 aromatic heterocycles. The molecule has 2 N–H and O–H groups in total. The molecule has 25 heavy (non-hydrogen) atoms. The van der Waals surface area contributed by atoms with Gasteiger partial charge < -0.3 is 15.0 Å². The van der Waals surface area contributed by atoms with Gasteiger partial charge in [0.15, 0.2) is 0 Å². The van der Waals surface area contributed by atoms with Crippen molar-refractivity contribution in [2.24, 2.45) is 0 Å². The molecule has 0 saturated carbocycles. The van der Waals surface area contributed by atoms with Gasteiger partial charge in [-0.2, -0.15) is 0 Å². The van der Waals surface area contributed by atoms with Gasteiger partial charge in [0.1, 0.15) is 17.5 Å². The molecule has 1 amide bonds. The number of nitrogens with one attached hydrogen (secondary N) is 2. The van der Waals surface area contributed by atoms with E-state index >= 15 is 0 Å². The first kappa shape index (κ1) is 16.9. The van der Waals surface area contributed by atoms with Gasteiger partial charge in [-0.15, -0.1) is 0 Å². The van der Waals surface area contributed by atoms with Gasteiger partial charge in [-0.25, -0.2) is 18.0 Å². The first-order chi connectivity index (χ1) is 12.0. The van der Waals surface area contributed by atoms with Crippen LogP contribution in [0.2, 0.25) is 0 Å². The molecule has 0 radical (unpaired) electrons. The molecule has 4 nitrogen and oxygen atoms in total. The number of carbonyl (C=O) groups excluding carboxylic acids is 1. The minimum Gasteiger partial charge on any atom is -0.449 e. The zero-order chi connectivity index (χ0) is 18.0. The Bertz CT molecular complexity index is 920. The summed E-state index contributed by atoms with van der Waals surface area (Å²) in [6, 6.07) is 7.65. The van der Waals surface area contributed by atoms with E-state index in [0.717, 1.165) is 6.07 Å². The highest BCUT2D eigenvalue weighted by atomic mass is 19.1. The average molecular weight is 348 g/mol. The van der Waals surface area contributed by atoms with Crippen LogP contribution < -0.4 is 5.32 Å². The highest BCUT2D eigenvalue weighted by Crippen LogP contribution is 2.32. The van der Waals surface area contributed by atoms with E-state index in [1.54, 1.807) is 0 Å². The quantitative estimate of drug-likeness (QED) is 0.744. The molecule has 0 unspecified atom stereocenters. The first-order valence-electron chi connectivity index (χ1n) is 7.59.